The first kappa shape index (κ1) is 14.6. The van der Waals surface area contributed by atoms with Crippen molar-refractivity contribution in [1.29, 1.82) is 0 Å². The standard InChI is InChI=1S/C14H21N5OS/c1-3-11-8-12(20-18-11)9-21-14-17-16-13(19(14)2)10-4-6-15-7-5-10/h8,10,15H,3-7,9H2,1-2H3. The molecule has 0 aliphatic carbocycles. The summed E-state index contributed by atoms with van der Waals surface area (Å²) in [4.78, 5) is 0. The predicted octanol–water partition coefficient (Wildman–Crippen LogP) is 2.12. The molecular formula is C14H21N5OS. The number of piperidine rings is 1. The van der Waals surface area contributed by atoms with E-state index < -0.39 is 0 Å². The third kappa shape index (κ3) is 3.29. The van der Waals surface area contributed by atoms with Gasteiger partial charge in [0.15, 0.2) is 5.16 Å². The van der Waals surface area contributed by atoms with Crippen LogP contribution in [0.5, 0.6) is 0 Å². The van der Waals surface area contributed by atoms with E-state index >= 15 is 0 Å². The van der Waals surface area contributed by atoms with Gasteiger partial charge >= 0.3 is 0 Å². The van der Waals surface area contributed by atoms with Crippen molar-refractivity contribution in [3.63, 3.8) is 0 Å². The van der Waals surface area contributed by atoms with Crippen LogP contribution in [0.15, 0.2) is 15.7 Å². The molecule has 21 heavy (non-hydrogen) atoms. The monoisotopic (exact) mass is 307 g/mol. The zero-order chi connectivity index (χ0) is 14.7. The second kappa shape index (κ2) is 6.62. The molecule has 1 aliphatic heterocycles. The number of nitrogens with one attached hydrogen (secondary N) is 1. The molecule has 0 saturated carbocycles. The van der Waals surface area contributed by atoms with Crippen molar-refractivity contribution in [1.82, 2.24) is 25.2 Å². The Balaban J connectivity index is 1.64. The number of aromatic nitrogens is 4. The Bertz CT molecular complexity index is 588. The van der Waals surface area contributed by atoms with E-state index in [1.807, 2.05) is 6.07 Å². The molecule has 0 spiro atoms. The van der Waals surface area contributed by atoms with Gasteiger partial charge in [0.25, 0.3) is 0 Å². The van der Waals surface area contributed by atoms with Crippen LogP contribution < -0.4 is 5.32 Å². The summed E-state index contributed by atoms with van der Waals surface area (Å²) in [6.45, 7) is 4.21. The summed E-state index contributed by atoms with van der Waals surface area (Å²) in [5, 5.41) is 17.1. The van der Waals surface area contributed by atoms with Crippen LogP contribution in [0.1, 0.15) is 43.0 Å². The maximum absolute atomic E-state index is 5.30. The Kier molecular flexibility index (Phi) is 4.60. The Morgan fingerprint density at radius 3 is 2.90 bits per heavy atom. The molecule has 114 valence electrons. The third-order valence-electron chi connectivity index (χ3n) is 3.89. The molecule has 1 saturated heterocycles. The Morgan fingerprint density at radius 2 is 2.19 bits per heavy atom. The van der Waals surface area contributed by atoms with Crippen LogP contribution in [0.2, 0.25) is 0 Å². The molecule has 0 radical (unpaired) electrons. The van der Waals surface area contributed by atoms with Crippen molar-refractivity contribution in [3.05, 3.63) is 23.3 Å². The van der Waals surface area contributed by atoms with Crippen LogP contribution in [-0.4, -0.2) is 33.0 Å². The first-order valence-electron chi connectivity index (χ1n) is 7.45. The second-order valence-electron chi connectivity index (χ2n) is 5.35. The molecule has 3 heterocycles. The van der Waals surface area contributed by atoms with Gasteiger partial charge in [-0.05, 0) is 32.4 Å². The molecule has 0 amide bonds. The number of rotatable bonds is 5. The van der Waals surface area contributed by atoms with Gasteiger partial charge in [-0.3, -0.25) is 0 Å². The molecular weight excluding hydrogens is 286 g/mol. The van der Waals surface area contributed by atoms with Gasteiger partial charge in [-0.1, -0.05) is 23.8 Å². The summed E-state index contributed by atoms with van der Waals surface area (Å²) in [6.07, 6.45) is 3.18. The van der Waals surface area contributed by atoms with Crippen LogP contribution in [0.25, 0.3) is 0 Å². The smallest absolute Gasteiger partial charge is 0.191 e. The Hall–Kier alpha value is -1.34. The summed E-state index contributed by atoms with van der Waals surface area (Å²) >= 11 is 1.65. The molecule has 0 atom stereocenters. The van der Waals surface area contributed by atoms with E-state index in [4.69, 9.17) is 4.52 Å². The molecule has 0 bridgehead atoms. The molecule has 7 heteroatoms. The van der Waals surface area contributed by atoms with Crippen molar-refractivity contribution in [2.75, 3.05) is 13.1 Å². The fourth-order valence-corrected chi connectivity index (χ4v) is 3.41. The predicted molar refractivity (Wildman–Crippen MR) is 81.3 cm³/mol. The van der Waals surface area contributed by atoms with E-state index in [0.29, 0.717) is 5.92 Å². The largest absolute Gasteiger partial charge is 0.360 e. The quantitative estimate of drug-likeness (QED) is 0.853. The number of hydrogen-bond acceptors (Lipinski definition) is 6. The van der Waals surface area contributed by atoms with Gasteiger partial charge in [-0.2, -0.15) is 0 Å². The summed E-state index contributed by atoms with van der Waals surface area (Å²) < 4.78 is 7.43. The summed E-state index contributed by atoms with van der Waals surface area (Å²) in [5.41, 5.74) is 0.999. The molecule has 2 aromatic rings. The third-order valence-corrected chi connectivity index (χ3v) is 4.93. The van der Waals surface area contributed by atoms with Crippen LogP contribution >= 0.6 is 11.8 Å². The first-order chi connectivity index (χ1) is 10.3. The van der Waals surface area contributed by atoms with E-state index in [1.165, 1.54) is 0 Å². The first-order valence-corrected chi connectivity index (χ1v) is 8.43. The minimum absolute atomic E-state index is 0.523. The molecule has 3 rings (SSSR count). The lowest BCUT2D eigenvalue weighted by Gasteiger charge is -2.21. The summed E-state index contributed by atoms with van der Waals surface area (Å²) in [6, 6.07) is 2.01. The highest BCUT2D eigenvalue weighted by Gasteiger charge is 2.21. The molecule has 1 fully saturated rings. The van der Waals surface area contributed by atoms with Gasteiger partial charge in [-0.25, -0.2) is 0 Å². The topological polar surface area (TPSA) is 68.8 Å². The highest BCUT2D eigenvalue weighted by atomic mass is 32.2. The lowest BCUT2D eigenvalue weighted by atomic mass is 9.97. The second-order valence-corrected chi connectivity index (χ2v) is 6.29. The van der Waals surface area contributed by atoms with E-state index in [2.05, 4.69) is 39.2 Å². The minimum Gasteiger partial charge on any atom is -0.360 e. The normalized spacial score (nSPS) is 16.5. The maximum atomic E-state index is 5.30. The zero-order valence-corrected chi connectivity index (χ0v) is 13.3. The van der Waals surface area contributed by atoms with Crippen molar-refractivity contribution in [3.8, 4) is 0 Å². The van der Waals surface area contributed by atoms with Gasteiger partial charge in [-0.15, -0.1) is 10.2 Å². The average Bonchev–Trinajstić information content (AvgIpc) is 3.13. The van der Waals surface area contributed by atoms with Gasteiger partial charge in [0.05, 0.1) is 11.4 Å². The molecule has 0 aromatic carbocycles. The number of hydrogen-bond donors (Lipinski definition) is 1. The van der Waals surface area contributed by atoms with Crippen LogP contribution in [0.4, 0.5) is 0 Å². The van der Waals surface area contributed by atoms with Gasteiger partial charge < -0.3 is 14.4 Å². The number of thioether (sulfide) groups is 1. The van der Waals surface area contributed by atoms with Gasteiger partial charge in [0.1, 0.15) is 11.6 Å². The summed E-state index contributed by atoms with van der Waals surface area (Å²) in [5.74, 6) is 3.26. The van der Waals surface area contributed by atoms with E-state index in [1.54, 1.807) is 11.8 Å². The molecule has 6 nitrogen and oxygen atoms in total. The molecule has 2 aromatic heterocycles. The lowest BCUT2D eigenvalue weighted by Crippen LogP contribution is -2.27. The van der Waals surface area contributed by atoms with Crippen LogP contribution in [0.3, 0.4) is 0 Å². The van der Waals surface area contributed by atoms with Crippen LogP contribution in [-0.2, 0) is 19.2 Å². The molecule has 1 N–H and O–H groups in total. The SMILES string of the molecule is CCc1cc(CSc2nnc(C3CCNCC3)n2C)on1. The van der Waals surface area contributed by atoms with E-state index in [9.17, 15) is 0 Å². The fraction of sp³-hybridized carbons (Fsp3) is 0.643. The molecule has 1 aliphatic rings. The van der Waals surface area contributed by atoms with E-state index in [0.717, 1.165) is 60.5 Å². The Labute approximate surface area is 128 Å². The average molecular weight is 307 g/mol. The maximum Gasteiger partial charge on any atom is 0.191 e. The number of nitrogens with zero attached hydrogens (tertiary/aromatic N) is 4. The highest BCUT2D eigenvalue weighted by Crippen LogP contribution is 2.27. The van der Waals surface area contributed by atoms with Crippen LogP contribution in [0, 0.1) is 0 Å². The van der Waals surface area contributed by atoms with Gasteiger partial charge in [0, 0.05) is 19.0 Å². The van der Waals surface area contributed by atoms with Crippen molar-refractivity contribution >= 4 is 11.8 Å². The molecule has 0 unspecified atom stereocenters. The Morgan fingerprint density at radius 1 is 1.38 bits per heavy atom. The van der Waals surface area contributed by atoms with Crippen molar-refractivity contribution < 1.29 is 4.52 Å². The fourth-order valence-electron chi connectivity index (χ4n) is 2.61. The van der Waals surface area contributed by atoms with E-state index in [-0.39, 0.29) is 0 Å². The lowest BCUT2D eigenvalue weighted by molar-refractivity contribution is 0.389. The van der Waals surface area contributed by atoms with Crippen molar-refractivity contribution in [2.24, 2.45) is 7.05 Å². The number of aryl methyl sites for hydroxylation is 1. The van der Waals surface area contributed by atoms with Crippen molar-refractivity contribution in [2.45, 2.75) is 43.0 Å². The van der Waals surface area contributed by atoms with Gasteiger partial charge in [0.2, 0.25) is 0 Å². The summed E-state index contributed by atoms with van der Waals surface area (Å²) in [7, 11) is 2.05. The zero-order valence-electron chi connectivity index (χ0n) is 12.5. The highest BCUT2D eigenvalue weighted by molar-refractivity contribution is 7.98. The minimum atomic E-state index is 0.523.